The number of primary amides is 1. The van der Waals surface area contributed by atoms with Crippen LogP contribution in [0.15, 0.2) is 11.8 Å². The highest BCUT2D eigenvalue weighted by Crippen LogP contribution is 2.65. The Hall–Kier alpha value is -1.32. The van der Waals surface area contributed by atoms with Crippen LogP contribution in [0.25, 0.3) is 0 Å². The van der Waals surface area contributed by atoms with Gasteiger partial charge in [0, 0.05) is 17.2 Å². The minimum absolute atomic E-state index is 0.0186. The molecule has 2 saturated carbocycles. The van der Waals surface area contributed by atoms with Gasteiger partial charge < -0.3 is 11.1 Å². The molecule has 88 valence electrons. The van der Waals surface area contributed by atoms with E-state index in [4.69, 9.17) is 5.73 Å². The second-order valence-electron chi connectivity index (χ2n) is 5.58. The molecule has 3 N–H and O–H groups in total. The van der Waals surface area contributed by atoms with E-state index in [2.05, 4.69) is 19.2 Å². The predicted molar refractivity (Wildman–Crippen MR) is 60.4 cm³/mol. The Morgan fingerprint density at radius 3 is 2.56 bits per heavy atom. The Balaban J connectivity index is 2.37. The van der Waals surface area contributed by atoms with Crippen molar-refractivity contribution in [3.8, 4) is 0 Å². The van der Waals surface area contributed by atoms with Gasteiger partial charge in [-0.1, -0.05) is 20.8 Å². The maximum atomic E-state index is 12.3. The Kier molecular flexibility index (Phi) is 2.16. The standard InChI is InChI=1S/C12H18N2O2/c1-11(2)8-4-5-12(11,3)9(15)7(8)6-14-10(13)16/h6,8H,4-5H2,1-3H3,(H3,13,14,16)/b7-6+/t8-,12-/m1/s1. The zero-order valence-electron chi connectivity index (χ0n) is 9.96. The molecule has 0 saturated heterocycles. The summed E-state index contributed by atoms with van der Waals surface area (Å²) < 4.78 is 0. The van der Waals surface area contributed by atoms with Gasteiger partial charge >= 0.3 is 6.03 Å². The maximum absolute atomic E-state index is 12.3. The second kappa shape index (κ2) is 3.09. The highest BCUT2D eigenvalue weighted by molar-refractivity contribution is 6.04. The molecule has 0 aromatic rings. The predicted octanol–water partition coefficient (Wildman–Crippen LogP) is 1.56. The lowest BCUT2D eigenvalue weighted by Gasteiger charge is -2.31. The van der Waals surface area contributed by atoms with E-state index >= 15 is 0 Å². The first-order chi connectivity index (χ1) is 7.30. The van der Waals surface area contributed by atoms with E-state index in [9.17, 15) is 9.59 Å². The topological polar surface area (TPSA) is 72.2 Å². The molecule has 0 aromatic heterocycles. The quantitative estimate of drug-likeness (QED) is 0.661. The number of Topliss-reactive ketones (excluding diaryl/α,β-unsaturated/α-hetero) is 1. The molecule has 0 aliphatic heterocycles. The van der Waals surface area contributed by atoms with E-state index in [1.54, 1.807) is 0 Å². The van der Waals surface area contributed by atoms with E-state index in [1.807, 2.05) is 6.92 Å². The van der Waals surface area contributed by atoms with Crippen molar-refractivity contribution in [1.82, 2.24) is 5.32 Å². The van der Waals surface area contributed by atoms with Crippen LogP contribution in [0.5, 0.6) is 0 Å². The number of hydrogen-bond donors (Lipinski definition) is 2. The lowest BCUT2D eigenvalue weighted by molar-refractivity contribution is -0.125. The van der Waals surface area contributed by atoms with Crippen molar-refractivity contribution in [3.05, 3.63) is 11.8 Å². The molecule has 4 nitrogen and oxygen atoms in total. The first-order valence-electron chi connectivity index (χ1n) is 5.61. The van der Waals surface area contributed by atoms with Crippen molar-refractivity contribution in [2.75, 3.05) is 0 Å². The molecular formula is C12H18N2O2. The lowest BCUT2D eigenvalue weighted by Crippen LogP contribution is -2.32. The van der Waals surface area contributed by atoms with Gasteiger partial charge in [0.15, 0.2) is 5.78 Å². The van der Waals surface area contributed by atoms with Gasteiger partial charge in [-0.25, -0.2) is 4.79 Å². The minimum Gasteiger partial charge on any atom is -0.351 e. The Labute approximate surface area is 95.3 Å². The molecular weight excluding hydrogens is 204 g/mol. The molecule has 2 fully saturated rings. The number of nitrogens with one attached hydrogen (secondary N) is 1. The van der Waals surface area contributed by atoms with Crippen molar-refractivity contribution >= 4 is 11.8 Å². The Morgan fingerprint density at radius 1 is 1.50 bits per heavy atom. The number of fused-ring (bicyclic) bond motifs is 2. The number of carbonyl (C=O) groups excluding carboxylic acids is 2. The van der Waals surface area contributed by atoms with Crippen LogP contribution in [-0.2, 0) is 4.79 Å². The van der Waals surface area contributed by atoms with Crippen molar-refractivity contribution in [2.45, 2.75) is 33.6 Å². The SMILES string of the molecule is CC1(C)[C@@H]2CC[C@]1(C)C(=O)/C2=C/NC(N)=O. The van der Waals surface area contributed by atoms with E-state index in [0.717, 1.165) is 18.4 Å². The van der Waals surface area contributed by atoms with Crippen LogP contribution in [0.4, 0.5) is 4.79 Å². The molecule has 4 heteroatoms. The molecule has 2 rings (SSSR count). The van der Waals surface area contributed by atoms with Gasteiger partial charge in [-0.2, -0.15) is 0 Å². The largest absolute Gasteiger partial charge is 0.351 e. The summed E-state index contributed by atoms with van der Waals surface area (Å²) in [6.07, 6.45) is 3.46. The van der Waals surface area contributed by atoms with Gasteiger partial charge in [-0.05, 0) is 24.2 Å². The monoisotopic (exact) mass is 222 g/mol. The molecule has 0 heterocycles. The molecule has 0 radical (unpaired) electrons. The number of ketones is 1. The highest BCUT2D eigenvalue weighted by atomic mass is 16.2. The van der Waals surface area contributed by atoms with Crippen molar-refractivity contribution < 1.29 is 9.59 Å². The van der Waals surface area contributed by atoms with E-state index in [0.29, 0.717) is 0 Å². The maximum Gasteiger partial charge on any atom is 0.316 e. The third-order valence-corrected chi connectivity index (χ3v) is 4.73. The number of rotatable bonds is 1. The lowest BCUT2D eigenvalue weighted by atomic mass is 9.70. The van der Waals surface area contributed by atoms with Crippen LogP contribution >= 0.6 is 0 Å². The summed E-state index contributed by atoms with van der Waals surface area (Å²) in [7, 11) is 0. The molecule has 2 atom stereocenters. The zero-order chi connectivity index (χ0) is 12.1. The third kappa shape index (κ3) is 1.16. The normalized spacial score (nSPS) is 38.1. The fraction of sp³-hybridized carbons (Fsp3) is 0.667. The third-order valence-electron chi connectivity index (χ3n) is 4.73. The van der Waals surface area contributed by atoms with Crippen LogP contribution in [0.3, 0.4) is 0 Å². The van der Waals surface area contributed by atoms with E-state index < -0.39 is 6.03 Å². The first-order valence-corrected chi connectivity index (χ1v) is 5.61. The number of amides is 2. The molecule has 0 aromatic carbocycles. The van der Waals surface area contributed by atoms with E-state index in [1.165, 1.54) is 6.20 Å². The summed E-state index contributed by atoms with van der Waals surface area (Å²) in [6, 6.07) is -0.619. The summed E-state index contributed by atoms with van der Waals surface area (Å²) in [4.78, 5) is 22.9. The molecule has 2 aliphatic carbocycles. The highest BCUT2D eigenvalue weighted by Gasteiger charge is 2.63. The number of carbonyl (C=O) groups is 2. The van der Waals surface area contributed by atoms with Gasteiger partial charge in [0.2, 0.25) is 0 Å². The summed E-state index contributed by atoms with van der Waals surface area (Å²) in [5.74, 6) is 0.416. The summed E-state index contributed by atoms with van der Waals surface area (Å²) >= 11 is 0. The van der Waals surface area contributed by atoms with Gasteiger partial charge in [0.1, 0.15) is 0 Å². The van der Waals surface area contributed by atoms with Crippen molar-refractivity contribution in [1.29, 1.82) is 0 Å². The smallest absolute Gasteiger partial charge is 0.316 e. The first kappa shape index (κ1) is 11.2. The summed E-state index contributed by atoms with van der Waals surface area (Å²) in [6.45, 7) is 6.29. The Morgan fingerprint density at radius 2 is 2.12 bits per heavy atom. The van der Waals surface area contributed by atoms with Crippen LogP contribution in [-0.4, -0.2) is 11.8 Å². The number of allylic oxidation sites excluding steroid dienone is 1. The van der Waals surface area contributed by atoms with Crippen molar-refractivity contribution in [2.24, 2.45) is 22.5 Å². The molecule has 2 bridgehead atoms. The zero-order valence-corrected chi connectivity index (χ0v) is 9.96. The second-order valence-corrected chi connectivity index (χ2v) is 5.58. The average molecular weight is 222 g/mol. The van der Waals surface area contributed by atoms with Crippen molar-refractivity contribution in [3.63, 3.8) is 0 Å². The van der Waals surface area contributed by atoms with Crippen LogP contribution in [0.2, 0.25) is 0 Å². The number of hydrogen-bond acceptors (Lipinski definition) is 2. The van der Waals surface area contributed by atoms with Gasteiger partial charge in [0.05, 0.1) is 0 Å². The molecule has 16 heavy (non-hydrogen) atoms. The van der Waals surface area contributed by atoms with Crippen LogP contribution < -0.4 is 11.1 Å². The number of nitrogens with two attached hydrogens (primary N) is 1. The number of urea groups is 1. The van der Waals surface area contributed by atoms with Crippen LogP contribution in [0, 0.1) is 16.7 Å². The molecule has 2 amide bonds. The van der Waals surface area contributed by atoms with Crippen LogP contribution in [0.1, 0.15) is 33.6 Å². The fourth-order valence-electron chi connectivity index (χ4n) is 3.24. The Bertz CT molecular complexity index is 398. The molecule has 0 spiro atoms. The van der Waals surface area contributed by atoms with Gasteiger partial charge in [-0.3, -0.25) is 4.79 Å². The van der Waals surface area contributed by atoms with E-state index in [-0.39, 0.29) is 22.5 Å². The minimum atomic E-state index is -0.619. The molecule has 0 unspecified atom stereocenters. The average Bonchev–Trinajstić information content (AvgIpc) is 2.47. The van der Waals surface area contributed by atoms with Gasteiger partial charge in [0.25, 0.3) is 0 Å². The summed E-state index contributed by atoms with van der Waals surface area (Å²) in [5.41, 5.74) is 5.45. The van der Waals surface area contributed by atoms with Gasteiger partial charge in [-0.15, -0.1) is 0 Å². The fourth-order valence-corrected chi connectivity index (χ4v) is 3.24. The summed E-state index contributed by atoms with van der Waals surface area (Å²) in [5, 5.41) is 2.41. The molecule has 2 aliphatic rings.